The van der Waals surface area contributed by atoms with Gasteiger partial charge in [0.05, 0.1) is 10.6 Å². The van der Waals surface area contributed by atoms with Gasteiger partial charge in [0.25, 0.3) is 0 Å². The molecule has 1 fully saturated rings. The highest BCUT2D eigenvalue weighted by molar-refractivity contribution is 7.90. The van der Waals surface area contributed by atoms with Crippen molar-refractivity contribution in [1.29, 1.82) is 0 Å². The number of sulfone groups is 1. The van der Waals surface area contributed by atoms with Gasteiger partial charge in [-0.15, -0.1) is 11.6 Å². The molecule has 0 aliphatic heterocycles. The Kier molecular flexibility index (Phi) is 5.33. The van der Waals surface area contributed by atoms with Gasteiger partial charge in [-0.25, -0.2) is 8.42 Å². The Bertz CT molecular complexity index is 545. The summed E-state index contributed by atoms with van der Waals surface area (Å²) in [6, 6.07) is 7.09. The Morgan fingerprint density at radius 1 is 1.20 bits per heavy atom. The smallest absolute Gasteiger partial charge is 0.177 e. The van der Waals surface area contributed by atoms with Gasteiger partial charge in [0, 0.05) is 18.7 Å². The molecular weight excluding hydrogens is 294 g/mol. The molecule has 1 aromatic rings. The molecule has 112 valence electrons. The van der Waals surface area contributed by atoms with Gasteiger partial charge in [-0.2, -0.15) is 0 Å². The summed E-state index contributed by atoms with van der Waals surface area (Å²) in [6.07, 6.45) is 6.10. The molecule has 0 radical (unpaired) electrons. The quantitative estimate of drug-likeness (QED) is 0.845. The first-order valence-electron chi connectivity index (χ1n) is 7.11. The summed E-state index contributed by atoms with van der Waals surface area (Å²) >= 11 is 6.04. The summed E-state index contributed by atoms with van der Waals surface area (Å²) in [5, 5.41) is 3.32. The van der Waals surface area contributed by atoms with Crippen molar-refractivity contribution in [3.63, 3.8) is 0 Å². The first kappa shape index (κ1) is 15.6. The van der Waals surface area contributed by atoms with E-state index >= 15 is 0 Å². The summed E-state index contributed by atoms with van der Waals surface area (Å²) in [4.78, 5) is 0.373. The van der Waals surface area contributed by atoms with Crippen LogP contribution in [0.15, 0.2) is 29.2 Å². The molecule has 2 unspecified atom stereocenters. The molecule has 3 nitrogen and oxygen atoms in total. The molecule has 1 saturated carbocycles. The number of benzene rings is 1. The highest BCUT2D eigenvalue weighted by Gasteiger charge is 2.24. The van der Waals surface area contributed by atoms with Crippen LogP contribution >= 0.6 is 11.6 Å². The van der Waals surface area contributed by atoms with Crippen molar-refractivity contribution in [2.75, 3.05) is 24.0 Å². The zero-order valence-corrected chi connectivity index (χ0v) is 13.4. The number of nitrogens with one attached hydrogen (secondary N) is 1. The number of alkyl halides is 1. The standard InChI is InChI=1S/C15H22ClNO2S/c1-20(18,19)15-9-5-4-8-14(15)17-11-13-7-3-2-6-12(13)10-16/h4-5,8-9,12-13,17H,2-3,6-7,10-11H2,1H3. The molecule has 0 bridgehead atoms. The topological polar surface area (TPSA) is 46.2 Å². The van der Waals surface area contributed by atoms with Crippen molar-refractivity contribution in [3.05, 3.63) is 24.3 Å². The Hall–Kier alpha value is -0.740. The fourth-order valence-electron chi connectivity index (χ4n) is 2.93. The summed E-state index contributed by atoms with van der Waals surface area (Å²) in [5.41, 5.74) is 0.703. The van der Waals surface area contributed by atoms with Gasteiger partial charge in [0.1, 0.15) is 0 Å². The van der Waals surface area contributed by atoms with E-state index in [1.165, 1.54) is 31.9 Å². The SMILES string of the molecule is CS(=O)(=O)c1ccccc1NCC1CCCCC1CCl. The van der Waals surface area contributed by atoms with E-state index in [-0.39, 0.29) is 0 Å². The molecule has 0 spiro atoms. The van der Waals surface area contributed by atoms with Crippen molar-refractivity contribution in [2.24, 2.45) is 11.8 Å². The lowest BCUT2D eigenvalue weighted by Gasteiger charge is -2.30. The Labute approximate surface area is 126 Å². The van der Waals surface area contributed by atoms with Crippen molar-refractivity contribution in [1.82, 2.24) is 0 Å². The summed E-state index contributed by atoms with van der Waals surface area (Å²) in [5.74, 6) is 1.78. The monoisotopic (exact) mass is 315 g/mol. The van der Waals surface area contributed by atoms with E-state index in [9.17, 15) is 8.42 Å². The maximum atomic E-state index is 11.8. The molecule has 0 heterocycles. The second-order valence-electron chi connectivity index (χ2n) is 5.61. The Morgan fingerprint density at radius 3 is 2.50 bits per heavy atom. The normalized spacial score (nSPS) is 23.5. The zero-order valence-electron chi connectivity index (χ0n) is 11.8. The molecule has 1 aliphatic carbocycles. The van der Waals surface area contributed by atoms with E-state index < -0.39 is 9.84 Å². The average molecular weight is 316 g/mol. The zero-order chi connectivity index (χ0) is 14.6. The van der Waals surface area contributed by atoms with E-state index in [1.807, 2.05) is 12.1 Å². The minimum atomic E-state index is -3.19. The molecule has 0 saturated heterocycles. The van der Waals surface area contributed by atoms with Crippen LogP contribution in [0, 0.1) is 11.8 Å². The van der Waals surface area contributed by atoms with Crippen LogP contribution in [0.1, 0.15) is 25.7 Å². The second-order valence-corrected chi connectivity index (χ2v) is 7.90. The van der Waals surface area contributed by atoms with Crippen molar-refractivity contribution >= 4 is 27.1 Å². The first-order chi connectivity index (χ1) is 9.52. The van der Waals surface area contributed by atoms with Crippen LogP contribution in [0.2, 0.25) is 0 Å². The third kappa shape index (κ3) is 3.89. The Morgan fingerprint density at radius 2 is 1.85 bits per heavy atom. The molecule has 5 heteroatoms. The molecule has 1 N–H and O–H groups in total. The molecule has 1 aliphatic rings. The predicted octanol–water partition coefficient (Wildman–Crippen LogP) is 3.55. The van der Waals surface area contributed by atoms with Gasteiger partial charge in [-0.05, 0) is 36.8 Å². The minimum Gasteiger partial charge on any atom is -0.384 e. The Balaban J connectivity index is 2.07. The average Bonchev–Trinajstić information content (AvgIpc) is 2.44. The van der Waals surface area contributed by atoms with Crippen molar-refractivity contribution in [2.45, 2.75) is 30.6 Å². The maximum Gasteiger partial charge on any atom is 0.177 e. The summed E-state index contributed by atoms with van der Waals surface area (Å²) in [7, 11) is -3.19. The highest BCUT2D eigenvalue weighted by Crippen LogP contribution is 2.31. The third-order valence-electron chi connectivity index (χ3n) is 4.11. The molecule has 20 heavy (non-hydrogen) atoms. The number of anilines is 1. The lowest BCUT2D eigenvalue weighted by molar-refractivity contribution is 0.272. The molecule has 0 aromatic heterocycles. The molecule has 1 aromatic carbocycles. The summed E-state index contributed by atoms with van der Waals surface area (Å²) < 4.78 is 23.5. The van der Waals surface area contributed by atoms with Crippen LogP contribution in [-0.4, -0.2) is 27.1 Å². The number of hydrogen-bond acceptors (Lipinski definition) is 3. The van der Waals surface area contributed by atoms with Crippen LogP contribution in [0.4, 0.5) is 5.69 Å². The minimum absolute atomic E-state index is 0.373. The van der Waals surface area contributed by atoms with E-state index in [0.29, 0.717) is 28.3 Å². The van der Waals surface area contributed by atoms with Gasteiger partial charge in [0.15, 0.2) is 9.84 Å². The molecule has 0 amide bonds. The summed E-state index contributed by atoms with van der Waals surface area (Å²) in [6.45, 7) is 0.796. The van der Waals surface area contributed by atoms with Crippen molar-refractivity contribution < 1.29 is 8.42 Å². The fourth-order valence-corrected chi connectivity index (χ4v) is 4.21. The number of hydrogen-bond donors (Lipinski definition) is 1. The highest BCUT2D eigenvalue weighted by atomic mass is 35.5. The number of para-hydroxylation sites is 1. The first-order valence-corrected chi connectivity index (χ1v) is 9.54. The van der Waals surface area contributed by atoms with Crippen LogP contribution in [0.5, 0.6) is 0 Å². The van der Waals surface area contributed by atoms with Crippen LogP contribution in [0.25, 0.3) is 0 Å². The largest absolute Gasteiger partial charge is 0.384 e. The van der Waals surface area contributed by atoms with E-state index in [2.05, 4.69) is 5.32 Å². The van der Waals surface area contributed by atoms with Crippen LogP contribution in [-0.2, 0) is 9.84 Å². The van der Waals surface area contributed by atoms with Gasteiger partial charge in [-0.3, -0.25) is 0 Å². The second kappa shape index (κ2) is 6.81. The van der Waals surface area contributed by atoms with Gasteiger partial charge < -0.3 is 5.32 Å². The number of halogens is 1. The van der Waals surface area contributed by atoms with Gasteiger partial charge in [0.2, 0.25) is 0 Å². The predicted molar refractivity (Wildman–Crippen MR) is 84.2 cm³/mol. The van der Waals surface area contributed by atoms with Crippen LogP contribution in [0.3, 0.4) is 0 Å². The third-order valence-corrected chi connectivity index (χ3v) is 5.66. The van der Waals surface area contributed by atoms with Gasteiger partial charge in [-0.1, -0.05) is 25.0 Å². The molecular formula is C15H22ClNO2S. The molecule has 2 rings (SSSR count). The lowest BCUT2D eigenvalue weighted by Crippen LogP contribution is -2.27. The van der Waals surface area contributed by atoms with Crippen LogP contribution < -0.4 is 5.32 Å². The number of rotatable bonds is 5. The van der Waals surface area contributed by atoms with Gasteiger partial charge >= 0.3 is 0 Å². The van der Waals surface area contributed by atoms with E-state index in [1.54, 1.807) is 12.1 Å². The lowest BCUT2D eigenvalue weighted by atomic mass is 9.80. The van der Waals surface area contributed by atoms with Crippen molar-refractivity contribution in [3.8, 4) is 0 Å². The maximum absolute atomic E-state index is 11.8. The van der Waals surface area contributed by atoms with E-state index in [4.69, 9.17) is 11.6 Å². The molecule has 2 atom stereocenters. The fraction of sp³-hybridized carbons (Fsp3) is 0.600. The van der Waals surface area contributed by atoms with E-state index in [0.717, 1.165) is 6.54 Å².